The third-order valence-corrected chi connectivity index (χ3v) is 3.69. The minimum Gasteiger partial charge on any atom is -0.370 e. The molecule has 0 heterocycles. The van der Waals surface area contributed by atoms with Crippen LogP contribution in [0.3, 0.4) is 0 Å². The summed E-state index contributed by atoms with van der Waals surface area (Å²) in [5.74, 6) is 1.35. The van der Waals surface area contributed by atoms with Gasteiger partial charge in [0.15, 0.2) is 5.96 Å². The predicted octanol–water partition coefficient (Wildman–Crippen LogP) is 3.30. The van der Waals surface area contributed by atoms with E-state index in [9.17, 15) is 0 Å². The largest absolute Gasteiger partial charge is 0.370 e. The first-order chi connectivity index (χ1) is 7.92. The van der Waals surface area contributed by atoms with Crippen LogP contribution in [0, 0.1) is 11.3 Å². The molecule has 0 aromatic carbocycles. The van der Waals surface area contributed by atoms with Gasteiger partial charge in [0.25, 0.3) is 0 Å². The van der Waals surface area contributed by atoms with Gasteiger partial charge in [-0.3, -0.25) is 4.99 Å². The lowest BCUT2D eigenvalue weighted by molar-refractivity contribution is 0.228. The number of nitrogens with zero attached hydrogens (tertiary/aromatic N) is 1. The van der Waals surface area contributed by atoms with Crippen molar-refractivity contribution in [3.63, 3.8) is 0 Å². The molecule has 106 valence electrons. The molecule has 0 aromatic heterocycles. The van der Waals surface area contributed by atoms with E-state index in [0.29, 0.717) is 12.5 Å². The third kappa shape index (κ3) is 6.07. The van der Waals surface area contributed by atoms with Gasteiger partial charge in [-0.15, -0.1) is 24.0 Å². The molecular formula is C14H28IN3. The minimum absolute atomic E-state index is 0. The summed E-state index contributed by atoms with van der Waals surface area (Å²) in [5, 5.41) is 3.07. The van der Waals surface area contributed by atoms with E-state index in [-0.39, 0.29) is 29.4 Å². The standard InChI is InChI=1S/C14H27N3.HI/c1-11(2)9-16-13(15)17-10-14(3,4)12-7-5-6-8-12;/h12H,1,5-10H2,2-4H3,(H3,15,16,17);1H. The minimum atomic E-state index is 0. The van der Waals surface area contributed by atoms with E-state index < -0.39 is 0 Å². The zero-order chi connectivity index (χ0) is 12.9. The van der Waals surface area contributed by atoms with Crippen molar-refractivity contribution in [2.75, 3.05) is 13.1 Å². The summed E-state index contributed by atoms with van der Waals surface area (Å²) in [6.45, 7) is 11.9. The van der Waals surface area contributed by atoms with Gasteiger partial charge >= 0.3 is 0 Å². The highest BCUT2D eigenvalue weighted by Crippen LogP contribution is 2.39. The molecule has 1 saturated carbocycles. The fourth-order valence-corrected chi connectivity index (χ4v) is 2.42. The van der Waals surface area contributed by atoms with Crippen molar-refractivity contribution in [3.05, 3.63) is 12.2 Å². The van der Waals surface area contributed by atoms with E-state index in [0.717, 1.165) is 18.0 Å². The Balaban J connectivity index is 0.00000289. The van der Waals surface area contributed by atoms with Crippen molar-refractivity contribution < 1.29 is 0 Å². The average molecular weight is 365 g/mol. The lowest BCUT2D eigenvalue weighted by Gasteiger charge is -2.30. The average Bonchev–Trinajstić information content (AvgIpc) is 2.77. The molecule has 18 heavy (non-hydrogen) atoms. The molecule has 0 aliphatic heterocycles. The number of aliphatic imine (C=N–C) groups is 1. The van der Waals surface area contributed by atoms with Gasteiger partial charge in [-0.2, -0.15) is 0 Å². The molecule has 0 unspecified atom stereocenters. The van der Waals surface area contributed by atoms with Gasteiger partial charge in [-0.05, 0) is 31.1 Å². The summed E-state index contributed by atoms with van der Waals surface area (Å²) >= 11 is 0. The molecular weight excluding hydrogens is 337 g/mol. The number of guanidine groups is 1. The third-order valence-electron chi connectivity index (χ3n) is 3.69. The first-order valence-corrected chi connectivity index (χ1v) is 6.60. The van der Waals surface area contributed by atoms with Crippen LogP contribution >= 0.6 is 24.0 Å². The normalized spacial score (nSPS) is 17.4. The molecule has 0 aromatic rings. The van der Waals surface area contributed by atoms with Crippen LogP contribution in [0.25, 0.3) is 0 Å². The van der Waals surface area contributed by atoms with E-state index >= 15 is 0 Å². The Morgan fingerprint density at radius 3 is 2.44 bits per heavy atom. The Morgan fingerprint density at radius 1 is 1.39 bits per heavy atom. The van der Waals surface area contributed by atoms with E-state index in [1.807, 2.05) is 6.92 Å². The molecule has 3 N–H and O–H groups in total. The smallest absolute Gasteiger partial charge is 0.188 e. The molecule has 0 radical (unpaired) electrons. The van der Waals surface area contributed by atoms with Crippen molar-refractivity contribution in [1.29, 1.82) is 0 Å². The molecule has 0 amide bonds. The van der Waals surface area contributed by atoms with Crippen molar-refractivity contribution in [1.82, 2.24) is 5.32 Å². The van der Waals surface area contributed by atoms with Gasteiger partial charge in [0.2, 0.25) is 0 Å². The van der Waals surface area contributed by atoms with Crippen molar-refractivity contribution in [3.8, 4) is 0 Å². The summed E-state index contributed by atoms with van der Waals surface area (Å²) in [4.78, 5) is 4.45. The molecule has 0 bridgehead atoms. The van der Waals surface area contributed by atoms with Crippen molar-refractivity contribution in [2.24, 2.45) is 22.1 Å². The van der Waals surface area contributed by atoms with Gasteiger partial charge in [0.1, 0.15) is 0 Å². The van der Waals surface area contributed by atoms with Crippen LogP contribution in [0.4, 0.5) is 0 Å². The number of nitrogens with two attached hydrogens (primary N) is 1. The lowest BCUT2D eigenvalue weighted by atomic mass is 9.78. The van der Waals surface area contributed by atoms with Crippen molar-refractivity contribution >= 4 is 29.9 Å². The van der Waals surface area contributed by atoms with Crippen LogP contribution in [0.1, 0.15) is 46.5 Å². The number of rotatable bonds is 5. The molecule has 1 aliphatic carbocycles. The fraction of sp³-hybridized carbons (Fsp3) is 0.786. The molecule has 1 fully saturated rings. The Morgan fingerprint density at radius 2 is 1.94 bits per heavy atom. The van der Waals surface area contributed by atoms with Crippen LogP contribution < -0.4 is 11.1 Å². The second-order valence-electron chi connectivity index (χ2n) is 5.98. The van der Waals surface area contributed by atoms with Gasteiger partial charge in [-0.25, -0.2) is 0 Å². The maximum atomic E-state index is 5.83. The second kappa shape index (κ2) is 8.02. The molecule has 0 atom stereocenters. The number of hydrogen-bond donors (Lipinski definition) is 2. The lowest BCUT2D eigenvalue weighted by Crippen LogP contribution is -2.35. The zero-order valence-corrected chi connectivity index (χ0v) is 14.3. The molecule has 3 nitrogen and oxygen atoms in total. The van der Waals surface area contributed by atoms with E-state index in [2.05, 4.69) is 30.7 Å². The second-order valence-corrected chi connectivity index (χ2v) is 5.98. The van der Waals surface area contributed by atoms with Gasteiger partial charge < -0.3 is 11.1 Å². The van der Waals surface area contributed by atoms with Gasteiger partial charge in [0, 0.05) is 13.1 Å². The number of hydrogen-bond acceptors (Lipinski definition) is 1. The molecule has 1 rings (SSSR count). The van der Waals surface area contributed by atoms with Crippen LogP contribution in [-0.4, -0.2) is 19.0 Å². The summed E-state index contributed by atoms with van der Waals surface area (Å²) in [7, 11) is 0. The highest BCUT2D eigenvalue weighted by molar-refractivity contribution is 14.0. The number of halogens is 1. The van der Waals surface area contributed by atoms with E-state index in [1.54, 1.807) is 0 Å². The van der Waals surface area contributed by atoms with Crippen LogP contribution in [-0.2, 0) is 0 Å². The molecule has 4 heteroatoms. The van der Waals surface area contributed by atoms with E-state index in [1.165, 1.54) is 25.7 Å². The van der Waals surface area contributed by atoms with Crippen LogP contribution in [0.5, 0.6) is 0 Å². The Hall–Kier alpha value is -0.260. The van der Waals surface area contributed by atoms with E-state index in [4.69, 9.17) is 5.73 Å². The first-order valence-electron chi connectivity index (χ1n) is 6.60. The summed E-state index contributed by atoms with van der Waals surface area (Å²) in [6, 6.07) is 0. The molecule has 0 spiro atoms. The predicted molar refractivity (Wildman–Crippen MR) is 90.5 cm³/mol. The summed E-state index contributed by atoms with van der Waals surface area (Å²) in [6.07, 6.45) is 5.45. The topological polar surface area (TPSA) is 50.4 Å². The summed E-state index contributed by atoms with van der Waals surface area (Å²) in [5.41, 5.74) is 7.16. The number of nitrogens with one attached hydrogen (secondary N) is 1. The van der Waals surface area contributed by atoms with Crippen molar-refractivity contribution in [2.45, 2.75) is 46.5 Å². The summed E-state index contributed by atoms with van der Waals surface area (Å²) < 4.78 is 0. The van der Waals surface area contributed by atoms with Gasteiger partial charge in [-0.1, -0.05) is 38.8 Å². The SMILES string of the molecule is C=C(C)CNC(N)=NCC(C)(C)C1CCCC1.I. The molecule has 0 saturated heterocycles. The Kier molecular flexibility index (Phi) is 7.90. The highest BCUT2D eigenvalue weighted by Gasteiger charge is 2.31. The van der Waals surface area contributed by atoms with Gasteiger partial charge in [0.05, 0.1) is 0 Å². The maximum absolute atomic E-state index is 5.83. The maximum Gasteiger partial charge on any atom is 0.188 e. The van der Waals surface area contributed by atoms with Crippen LogP contribution in [0.15, 0.2) is 17.1 Å². The first kappa shape index (κ1) is 17.7. The van der Waals surface area contributed by atoms with Crippen LogP contribution in [0.2, 0.25) is 0 Å². The Bertz CT molecular complexity index is 291. The zero-order valence-electron chi connectivity index (χ0n) is 12.0. The Labute approximate surface area is 129 Å². The quantitative estimate of drug-likeness (QED) is 0.340. The highest BCUT2D eigenvalue weighted by atomic mass is 127. The molecule has 1 aliphatic rings. The monoisotopic (exact) mass is 365 g/mol. The fourth-order valence-electron chi connectivity index (χ4n) is 2.42.